The number of nitrogens with zero attached hydrogens (tertiary/aromatic N) is 1. The van der Waals surface area contributed by atoms with Crippen molar-refractivity contribution in [2.45, 2.75) is 20.0 Å². The van der Waals surface area contributed by atoms with Gasteiger partial charge in [-0.25, -0.2) is 14.1 Å². The summed E-state index contributed by atoms with van der Waals surface area (Å²) in [5.41, 5.74) is 0.862. The van der Waals surface area contributed by atoms with E-state index in [0.717, 1.165) is 22.1 Å². The number of hydrogen-bond acceptors (Lipinski definition) is 5. The molecule has 4 aromatic carbocycles. The Morgan fingerprint density at radius 2 is 1.62 bits per heavy atom. The molecule has 0 unspecified atom stereocenters. The van der Waals surface area contributed by atoms with Crippen LogP contribution in [0, 0.1) is 5.82 Å². The van der Waals surface area contributed by atoms with Crippen LogP contribution in [-0.4, -0.2) is 24.5 Å². The van der Waals surface area contributed by atoms with Gasteiger partial charge in [0.15, 0.2) is 0 Å². The van der Waals surface area contributed by atoms with Crippen LogP contribution in [0.25, 0.3) is 16.8 Å². The largest absolute Gasteiger partial charge is 0.494 e. The SMILES string of the molecule is CCCOc1ccc(N2C(=O)NC(=O)/C(=C/c3c(OCc4ccccc4F)ccc4ccccc34)C2=O)cc1. The van der Waals surface area contributed by atoms with Crippen molar-refractivity contribution in [2.75, 3.05) is 11.5 Å². The van der Waals surface area contributed by atoms with Crippen molar-refractivity contribution in [2.24, 2.45) is 0 Å². The minimum absolute atomic E-state index is 0.0572. The Hall–Kier alpha value is -4.98. The van der Waals surface area contributed by atoms with E-state index in [0.29, 0.717) is 29.2 Å². The first-order valence-electron chi connectivity index (χ1n) is 12.5. The fourth-order valence-corrected chi connectivity index (χ4v) is 4.27. The molecule has 0 saturated carbocycles. The van der Waals surface area contributed by atoms with Crippen molar-refractivity contribution in [3.05, 3.63) is 107 Å². The highest BCUT2D eigenvalue weighted by Gasteiger charge is 2.37. The number of imide groups is 2. The minimum Gasteiger partial charge on any atom is -0.494 e. The first-order chi connectivity index (χ1) is 19.0. The summed E-state index contributed by atoms with van der Waals surface area (Å²) in [5.74, 6) is -1.05. The fourth-order valence-electron chi connectivity index (χ4n) is 4.27. The van der Waals surface area contributed by atoms with Crippen LogP contribution in [-0.2, 0) is 16.2 Å². The van der Waals surface area contributed by atoms with Gasteiger partial charge < -0.3 is 9.47 Å². The zero-order chi connectivity index (χ0) is 27.4. The predicted octanol–water partition coefficient (Wildman–Crippen LogP) is 6.01. The summed E-state index contributed by atoms with van der Waals surface area (Å²) < 4.78 is 25.8. The number of barbiturate groups is 1. The molecule has 1 aliphatic rings. The zero-order valence-corrected chi connectivity index (χ0v) is 21.1. The summed E-state index contributed by atoms with van der Waals surface area (Å²) in [6, 6.07) is 22.9. The van der Waals surface area contributed by atoms with Gasteiger partial charge in [-0.05, 0) is 59.7 Å². The number of halogens is 1. The molecule has 1 aliphatic heterocycles. The number of nitrogens with one attached hydrogen (secondary N) is 1. The van der Waals surface area contributed by atoms with E-state index in [-0.39, 0.29) is 17.9 Å². The van der Waals surface area contributed by atoms with Crippen molar-refractivity contribution in [3.8, 4) is 11.5 Å². The van der Waals surface area contributed by atoms with Crippen LogP contribution in [0.4, 0.5) is 14.9 Å². The van der Waals surface area contributed by atoms with E-state index in [1.165, 1.54) is 12.1 Å². The fraction of sp³-hybridized carbons (Fsp3) is 0.129. The zero-order valence-electron chi connectivity index (χ0n) is 21.1. The summed E-state index contributed by atoms with van der Waals surface area (Å²) in [7, 11) is 0. The number of anilines is 1. The lowest BCUT2D eigenvalue weighted by molar-refractivity contribution is -0.122. The molecule has 1 saturated heterocycles. The smallest absolute Gasteiger partial charge is 0.335 e. The number of urea groups is 1. The number of amides is 4. The molecule has 0 bridgehead atoms. The average molecular weight is 525 g/mol. The van der Waals surface area contributed by atoms with Crippen LogP contribution in [0.15, 0.2) is 90.5 Å². The number of rotatable bonds is 8. The van der Waals surface area contributed by atoms with E-state index in [2.05, 4.69) is 5.32 Å². The molecular weight excluding hydrogens is 499 g/mol. The van der Waals surface area contributed by atoms with E-state index < -0.39 is 23.7 Å². The lowest BCUT2D eigenvalue weighted by Crippen LogP contribution is -2.54. The van der Waals surface area contributed by atoms with Crippen molar-refractivity contribution < 1.29 is 28.2 Å². The molecule has 8 heteroatoms. The van der Waals surface area contributed by atoms with Crippen LogP contribution in [0.1, 0.15) is 24.5 Å². The number of benzene rings is 4. The number of hydrogen-bond donors (Lipinski definition) is 1. The molecule has 7 nitrogen and oxygen atoms in total. The van der Waals surface area contributed by atoms with Crippen LogP contribution >= 0.6 is 0 Å². The summed E-state index contributed by atoms with van der Waals surface area (Å²) in [4.78, 5) is 40.0. The molecule has 1 N–H and O–H groups in total. The van der Waals surface area contributed by atoms with Crippen LogP contribution in [0.2, 0.25) is 0 Å². The molecule has 4 amide bonds. The summed E-state index contributed by atoms with van der Waals surface area (Å²) in [5, 5.41) is 3.82. The highest BCUT2D eigenvalue weighted by atomic mass is 19.1. The topological polar surface area (TPSA) is 84.9 Å². The maximum Gasteiger partial charge on any atom is 0.335 e. The Bertz CT molecular complexity index is 1600. The summed E-state index contributed by atoms with van der Waals surface area (Å²) in [6.07, 6.45) is 2.25. The second kappa shape index (κ2) is 11.2. The summed E-state index contributed by atoms with van der Waals surface area (Å²) in [6.45, 7) is 2.47. The van der Waals surface area contributed by atoms with Gasteiger partial charge >= 0.3 is 6.03 Å². The molecule has 0 spiro atoms. The van der Waals surface area contributed by atoms with E-state index >= 15 is 0 Å². The Labute approximate surface area is 224 Å². The maximum atomic E-state index is 14.2. The van der Waals surface area contributed by atoms with Crippen molar-refractivity contribution >= 4 is 40.4 Å². The third-order valence-corrected chi connectivity index (χ3v) is 6.23. The van der Waals surface area contributed by atoms with E-state index in [1.54, 1.807) is 48.5 Å². The summed E-state index contributed by atoms with van der Waals surface area (Å²) >= 11 is 0. The van der Waals surface area contributed by atoms with Crippen LogP contribution < -0.4 is 19.7 Å². The molecule has 0 aliphatic carbocycles. The number of ether oxygens (including phenoxy) is 2. The Kier molecular flexibility index (Phi) is 7.36. The Morgan fingerprint density at radius 3 is 2.38 bits per heavy atom. The van der Waals surface area contributed by atoms with Gasteiger partial charge in [-0.1, -0.05) is 55.5 Å². The minimum atomic E-state index is -0.849. The Morgan fingerprint density at radius 1 is 0.872 bits per heavy atom. The van der Waals surface area contributed by atoms with E-state index in [9.17, 15) is 18.8 Å². The molecule has 4 aromatic rings. The van der Waals surface area contributed by atoms with Crippen LogP contribution in [0.3, 0.4) is 0 Å². The molecule has 39 heavy (non-hydrogen) atoms. The van der Waals surface area contributed by atoms with Crippen molar-refractivity contribution in [1.29, 1.82) is 0 Å². The van der Waals surface area contributed by atoms with Gasteiger partial charge in [0.25, 0.3) is 11.8 Å². The molecule has 0 atom stereocenters. The monoisotopic (exact) mass is 524 g/mol. The van der Waals surface area contributed by atoms with E-state index in [1.807, 2.05) is 37.3 Å². The van der Waals surface area contributed by atoms with Gasteiger partial charge in [0.1, 0.15) is 29.5 Å². The highest BCUT2D eigenvalue weighted by Crippen LogP contribution is 2.32. The third-order valence-electron chi connectivity index (χ3n) is 6.23. The lowest BCUT2D eigenvalue weighted by Gasteiger charge is -2.26. The van der Waals surface area contributed by atoms with Gasteiger partial charge in [-0.3, -0.25) is 14.9 Å². The third kappa shape index (κ3) is 5.36. The molecular formula is C31H25FN2O5. The molecule has 1 fully saturated rings. The van der Waals surface area contributed by atoms with E-state index in [4.69, 9.17) is 9.47 Å². The normalized spacial score (nSPS) is 14.6. The van der Waals surface area contributed by atoms with Crippen molar-refractivity contribution in [3.63, 3.8) is 0 Å². The molecule has 1 heterocycles. The van der Waals surface area contributed by atoms with Crippen LogP contribution in [0.5, 0.6) is 11.5 Å². The van der Waals surface area contributed by atoms with Crippen molar-refractivity contribution in [1.82, 2.24) is 5.32 Å². The number of fused-ring (bicyclic) bond motifs is 1. The average Bonchev–Trinajstić information content (AvgIpc) is 2.94. The molecule has 196 valence electrons. The Balaban J connectivity index is 1.53. The molecule has 0 aromatic heterocycles. The quantitative estimate of drug-likeness (QED) is 0.225. The van der Waals surface area contributed by atoms with Gasteiger partial charge in [0, 0.05) is 11.1 Å². The number of carbonyl (C=O) groups excluding carboxylic acids is 3. The molecule has 5 rings (SSSR count). The predicted molar refractivity (Wildman–Crippen MR) is 146 cm³/mol. The lowest BCUT2D eigenvalue weighted by atomic mass is 9.99. The maximum absolute atomic E-state index is 14.2. The van der Waals surface area contributed by atoms with Gasteiger partial charge in [0.05, 0.1) is 12.3 Å². The van der Waals surface area contributed by atoms with Gasteiger partial charge in [-0.15, -0.1) is 0 Å². The highest BCUT2D eigenvalue weighted by molar-refractivity contribution is 6.39. The first kappa shape index (κ1) is 25.7. The number of carbonyl (C=O) groups is 3. The second-order valence-corrected chi connectivity index (χ2v) is 8.88. The second-order valence-electron chi connectivity index (χ2n) is 8.88. The van der Waals surface area contributed by atoms with Gasteiger partial charge in [0.2, 0.25) is 0 Å². The standard InChI is InChI=1S/C31H25FN2O5/c1-2-17-38-23-14-12-22(13-15-23)34-30(36)26(29(35)33-31(34)37)18-25-24-9-5-3-7-20(24)11-16-28(25)39-19-21-8-4-6-10-27(21)32/h3-16,18H,2,17,19H2,1H3,(H,33,35,37)/b26-18-. The first-order valence-corrected chi connectivity index (χ1v) is 12.5. The van der Waals surface area contributed by atoms with Gasteiger partial charge in [-0.2, -0.15) is 0 Å². The molecule has 0 radical (unpaired) electrons.